The lowest BCUT2D eigenvalue weighted by Crippen LogP contribution is -2.32. The van der Waals surface area contributed by atoms with Crippen molar-refractivity contribution in [2.24, 2.45) is 0 Å². The van der Waals surface area contributed by atoms with E-state index in [9.17, 15) is 0 Å². The van der Waals surface area contributed by atoms with Crippen molar-refractivity contribution in [3.05, 3.63) is 40.6 Å². The van der Waals surface area contributed by atoms with Gasteiger partial charge in [-0.3, -0.25) is 4.90 Å². The molecular formula is C16H21N3O2S. The van der Waals surface area contributed by atoms with Crippen molar-refractivity contribution >= 4 is 12.2 Å². The van der Waals surface area contributed by atoms with Crippen LogP contribution in [0.5, 0.6) is 5.75 Å². The molecule has 1 aliphatic rings. The molecule has 0 saturated carbocycles. The Morgan fingerprint density at radius 1 is 1.18 bits per heavy atom. The van der Waals surface area contributed by atoms with E-state index < -0.39 is 0 Å². The molecule has 0 spiro atoms. The van der Waals surface area contributed by atoms with Crippen molar-refractivity contribution in [1.82, 2.24) is 14.7 Å². The molecule has 5 nitrogen and oxygen atoms in total. The number of benzene rings is 1. The second-order valence-electron chi connectivity index (χ2n) is 5.61. The fraction of sp³-hybridized carbons (Fsp3) is 0.500. The molecule has 2 aromatic rings. The van der Waals surface area contributed by atoms with Crippen molar-refractivity contribution in [2.45, 2.75) is 32.4 Å². The molecular weight excluding hydrogens is 298 g/mol. The predicted molar refractivity (Wildman–Crippen MR) is 86.6 cm³/mol. The minimum atomic E-state index is 0.453. The number of methoxy groups -OCH3 is 1. The molecule has 3 rings (SSSR count). The van der Waals surface area contributed by atoms with Gasteiger partial charge in [0.1, 0.15) is 5.75 Å². The van der Waals surface area contributed by atoms with Gasteiger partial charge in [-0.1, -0.05) is 18.6 Å². The maximum absolute atomic E-state index is 5.63. The summed E-state index contributed by atoms with van der Waals surface area (Å²) in [5.74, 6) is 1.51. The number of rotatable bonds is 5. The van der Waals surface area contributed by atoms with Crippen LogP contribution in [0.15, 0.2) is 28.7 Å². The second-order valence-corrected chi connectivity index (χ2v) is 5.96. The summed E-state index contributed by atoms with van der Waals surface area (Å²) in [7, 11) is 1.66. The molecule has 2 heterocycles. The first-order valence-electron chi connectivity index (χ1n) is 7.67. The van der Waals surface area contributed by atoms with Gasteiger partial charge in [0.2, 0.25) is 5.89 Å². The van der Waals surface area contributed by atoms with Crippen LogP contribution in [0.3, 0.4) is 0 Å². The molecule has 0 amide bonds. The Morgan fingerprint density at radius 3 is 2.59 bits per heavy atom. The van der Waals surface area contributed by atoms with Gasteiger partial charge in [0.05, 0.1) is 20.2 Å². The standard InChI is InChI=1S/C16H21N3O2S/c1-20-14-7-5-13(6-8-14)11-15-17-19(16(22)21-15)12-18-9-3-2-4-10-18/h5-8H,2-4,9-12H2,1H3. The molecule has 1 fully saturated rings. The maximum atomic E-state index is 5.63. The summed E-state index contributed by atoms with van der Waals surface area (Å²) < 4.78 is 12.6. The van der Waals surface area contributed by atoms with Crippen LogP contribution in [0.25, 0.3) is 0 Å². The van der Waals surface area contributed by atoms with Gasteiger partial charge in [-0.15, -0.1) is 5.10 Å². The van der Waals surface area contributed by atoms with Gasteiger partial charge in [0.15, 0.2) is 0 Å². The average Bonchev–Trinajstić information content (AvgIpc) is 2.88. The largest absolute Gasteiger partial charge is 0.497 e. The number of aromatic nitrogens is 2. The summed E-state index contributed by atoms with van der Waals surface area (Å²) in [6.45, 7) is 2.95. The van der Waals surface area contributed by atoms with Crippen molar-refractivity contribution in [2.75, 3.05) is 20.2 Å². The Labute approximate surface area is 135 Å². The summed E-state index contributed by atoms with van der Waals surface area (Å²) in [4.78, 5) is 2.83. The Bertz CT molecular complexity index is 657. The lowest BCUT2D eigenvalue weighted by atomic mass is 10.1. The third-order valence-corrected chi connectivity index (χ3v) is 4.24. The highest BCUT2D eigenvalue weighted by molar-refractivity contribution is 7.71. The first-order chi connectivity index (χ1) is 10.7. The zero-order chi connectivity index (χ0) is 15.4. The number of likely N-dealkylation sites (tertiary alicyclic amines) is 1. The van der Waals surface area contributed by atoms with Crippen molar-refractivity contribution in [3.8, 4) is 5.75 Å². The Morgan fingerprint density at radius 2 is 1.91 bits per heavy atom. The van der Waals surface area contributed by atoms with Gasteiger partial charge in [0.25, 0.3) is 4.84 Å². The molecule has 0 bridgehead atoms. The van der Waals surface area contributed by atoms with E-state index in [0.717, 1.165) is 31.1 Å². The smallest absolute Gasteiger partial charge is 0.288 e. The third kappa shape index (κ3) is 3.75. The number of hydrogen-bond donors (Lipinski definition) is 0. The highest BCUT2D eigenvalue weighted by Crippen LogP contribution is 2.15. The van der Waals surface area contributed by atoms with E-state index >= 15 is 0 Å². The molecule has 0 unspecified atom stereocenters. The summed E-state index contributed by atoms with van der Waals surface area (Å²) >= 11 is 5.28. The lowest BCUT2D eigenvalue weighted by Gasteiger charge is -2.25. The Hall–Kier alpha value is -1.66. The van der Waals surface area contributed by atoms with E-state index in [4.69, 9.17) is 21.4 Å². The van der Waals surface area contributed by atoms with Gasteiger partial charge in [-0.05, 0) is 55.8 Å². The number of nitrogens with zero attached hydrogens (tertiary/aromatic N) is 3. The molecule has 1 saturated heterocycles. The van der Waals surface area contributed by atoms with E-state index in [-0.39, 0.29) is 0 Å². The van der Waals surface area contributed by atoms with E-state index in [1.165, 1.54) is 19.3 Å². The third-order valence-electron chi connectivity index (χ3n) is 3.95. The predicted octanol–water partition coefficient (Wildman–Crippen LogP) is 3.25. The zero-order valence-corrected chi connectivity index (χ0v) is 13.6. The first-order valence-corrected chi connectivity index (χ1v) is 8.07. The van der Waals surface area contributed by atoms with Crippen LogP contribution in [0.1, 0.15) is 30.7 Å². The van der Waals surface area contributed by atoms with E-state index in [1.807, 2.05) is 24.3 Å². The van der Waals surface area contributed by atoms with Gasteiger partial charge in [-0.2, -0.15) is 0 Å². The highest BCUT2D eigenvalue weighted by Gasteiger charge is 2.13. The number of ether oxygens (including phenoxy) is 1. The summed E-state index contributed by atoms with van der Waals surface area (Å²) in [6.07, 6.45) is 4.47. The highest BCUT2D eigenvalue weighted by atomic mass is 32.1. The molecule has 1 aliphatic heterocycles. The van der Waals surface area contributed by atoms with Gasteiger partial charge < -0.3 is 9.15 Å². The van der Waals surface area contributed by atoms with Crippen LogP contribution >= 0.6 is 12.2 Å². The van der Waals surface area contributed by atoms with Crippen molar-refractivity contribution < 1.29 is 9.15 Å². The molecule has 0 radical (unpaired) electrons. The molecule has 1 aromatic carbocycles. The summed E-state index contributed by atoms with van der Waals surface area (Å²) in [5, 5.41) is 4.51. The monoisotopic (exact) mass is 319 g/mol. The van der Waals surface area contributed by atoms with Crippen LogP contribution < -0.4 is 4.74 Å². The minimum Gasteiger partial charge on any atom is -0.497 e. The van der Waals surface area contributed by atoms with Crippen molar-refractivity contribution in [3.63, 3.8) is 0 Å². The molecule has 0 aliphatic carbocycles. The molecule has 6 heteroatoms. The van der Waals surface area contributed by atoms with Crippen LogP contribution in [0.4, 0.5) is 0 Å². The molecule has 0 atom stereocenters. The normalized spacial score (nSPS) is 15.9. The second kappa shape index (κ2) is 7.07. The fourth-order valence-corrected chi connectivity index (χ4v) is 2.91. The zero-order valence-electron chi connectivity index (χ0n) is 12.8. The molecule has 22 heavy (non-hydrogen) atoms. The van der Waals surface area contributed by atoms with Crippen LogP contribution in [-0.2, 0) is 13.1 Å². The van der Waals surface area contributed by atoms with E-state index in [0.29, 0.717) is 17.1 Å². The average molecular weight is 319 g/mol. The Balaban J connectivity index is 1.67. The van der Waals surface area contributed by atoms with E-state index in [2.05, 4.69) is 10.00 Å². The van der Waals surface area contributed by atoms with Crippen LogP contribution in [0, 0.1) is 4.84 Å². The SMILES string of the molecule is COc1ccc(Cc2nn(CN3CCCCC3)c(=S)o2)cc1. The lowest BCUT2D eigenvalue weighted by molar-refractivity contribution is 0.170. The van der Waals surface area contributed by atoms with E-state index in [1.54, 1.807) is 11.8 Å². The molecule has 1 aromatic heterocycles. The summed E-state index contributed by atoms with van der Waals surface area (Å²) in [5.41, 5.74) is 1.13. The Kier molecular flexibility index (Phi) is 4.90. The maximum Gasteiger partial charge on any atom is 0.288 e. The van der Waals surface area contributed by atoms with Gasteiger partial charge in [-0.25, -0.2) is 4.68 Å². The fourth-order valence-electron chi connectivity index (χ4n) is 2.72. The topological polar surface area (TPSA) is 43.4 Å². The number of hydrogen-bond acceptors (Lipinski definition) is 5. The summed E-state index contributed by atoms with van der Waals surface area (Å²) in [6, 6.07) is 7.91. The first kappa shape index (κ1) is 15.2. The van der Waals surface area contributed by atoms with Crippen LogP contribution in [-0.4, -0.2) is 34.9 Å². The molecule has 118 valence electrons. The van der Waals surface area contributed by atoms with Gasteiger partial charge >= 0.3 is 0 Å². The quantitative estimate of drug-likeness (QED) is 0.792. The number of piperidine rings is 1. The van der Waals surface area contributed by atoms with Crippen LogP contribution in [0.2, 0.25) is 0 Å². The van der Waals surface area contributed by atoms with Gasteiger partial charge in [0, 0.05) is 0 Å². The van der Waals surface area contributed by atoms with Crippen molar-refractivity contribution in [1.29, 1.82) is 0 Å². The minimum absolute atomic E-state index is 0.453. The molecule has 0 N–H and O–H groups in total.